The van der Waals surface area contributed by atoms with Crippen molar-refractivity contribution in [2.75, 3.05) is 0 Å². The summed E-state index contributed by atoms with van der Waals surface area (Å²) in [5.74, 6) is -0.0946. The van der Waals surface area contributed by atoms with E-state index in [-0.39, 0.29) is 5.92 Å². The Morgan fingerprint density at radius 1 is 1.42 bits per heavy atom. The SMILES string of the molecule is O=C(O)C1C=C2CCCC2CC1. The first kappa shape index (κ1) is 7.84. The number of hydrogen-bond donors (Lipinski definition) is 1. The second-order valence-electron chi connectivity index (χ2n) is 3.85. The predicted molar refractivity (Wildman–Crippen MR) is 45.8 cm³/mol. The molecule has 2 nitrogen and oxygen atoms in total. The van der Waals surface area contributed by atoms with E-state index in [2.05, 4.69) is 0 Å². The van der Waals surface area contributed by atoms with Gasteiger partial charge in [0.05, 0.1) is 5.92 Å². The second-order valence-corrected chi connectivity index (χ2v) is 3.85. The van der Waals surface area contributed by atoms with Crippen molar-refractivity contribution in [2.24, 2.45) is 11.8 Å². The molecule has 0 aromatic rings. The van der Waals surface area contributed by atoms with Crippen LogP contribution in [-0.4, -0.2) is 11.1 Å². The summed E-state index contributed by atoms with van der Waals surface area (Å²) in [7, 11) is 0. The Hall–Kier alpha value is -0.790. The first-order valence-electron chi connectivity index (χ1n) is 4.71. The van der Waals surface area contributed by atoms with Gasteiger partial charge in [-0.15, -0.1) is 0 Å². The maximum Gasteiger partial charge on any atom is 0.310 e. The number of carboxylic acids is 1. The monoisotopic (exact) mass is 166 g/mol. The third-order valence-corrected chi connectivity index (χ3v) is 3.10. The molecule has 0 bridgehead atoms. The van der Waals surface area contributed by atoms with E-state index >= 15 is 0 Å². The average molecular weight is 166 g/mol. The molecular weight excluding hydrogens is 152 g/mol. The van der Waals surface area contributed by atoms with Gasteiger partial charge in [0, 0.05) is 0 Å². The van der Waals surface area contributed by atoms with E-state index in [1.54, 1.807) is 0 Å². The lowest BCUT2D eigenvalue weighted by molar-refractivity contribution is -0.140. The zero-order valence-corrected chi connectivity index (χ0v) is 7.12. The number of allylic oxidation sites excluding steroid dienone is 1. The third kappa shape index (κ3) is 1.26. The van der Waals surface area contributed by atoms with Gasteiger partial charge in [0.2, 0.25) is 0 Å². The molecular formula is C10H14O2. The van der Waals surface area contributed by atoms with E-state index in [9.17, 15) is 4.79 Å². The van der Waals surface area contributed by atoms with Crippen LogP contribution in [0.15, 0.2) is 11.6 Å². The maximum absolute atomic E-state index is 10.7. The molecule has 0 heterocycles. The van der Waals surface area contributed by atoms with E-state index in [0.29, 0.717) is 0 Å². The minimum atomic E-state index is -0.646. The van der Waals surface area contributed by atoms with Crippen LogP contribution in [0.4, 0.5) is 0 Å². The smallest absolute Gasteiger partial charge is 0.310 e. The van der Waals surface area contributed by atoms with Crippen molar-refractivity contribution < 1.29 is 9.90 Å². The summed E-state index contributed by atoms with van der Waals surface area (Å²) in [4.78, 5) is 10.7. The van der Waals surface area contributed by atoms with Crippen molar-refractivity contribution in [3.05, 3.63) is 11.6 Å². The molecule has 2 rings (SSSR count). The Balaban J connectivity index is 2.14. The minimum Gasteiger partial charge on any atom is -0.481 e. The molecule has 2 atom stereocenters. The molecule has 2 aliphatic rings. The van der Waals surface area contributed by atoms with Crippen LogP contribution in [0.5, 0.6) is 0 Å². The molecule has 66 valence electrons. The molecule has 1 N–H and O–H groups in total. The summed E-state index contributed by atoms with van der Waals surface area (Å²) in [5.41, 5.74) is 1.42. The van der Waals surface area contributed by atoms with Gasteiger partial charge in [-0.05, 0) is 38.0 Å². The molecule has 2 unspecified atom stereocenters. The normalized spacial score (nSPS) is 34.2. The summed E-state index contributed by atoms with van der Waals surface area (Å²) in [6, 6.07) is 0. The van der Waals surface area contributed by atoms with Crippen molar-refractivity contribution in [3.63, 3.8) is 0 Å². The number of hydrogen-bond acceptors (Lipinski definition) is 1. The van der Waals surface area contributed by atoms with Gasteiger partial charge in [-0.1, -0.05) is 11.6 Å². The minimum absolute atomic E-state index is 0.186. The van der Waals surface area contributed by atoms with Crippen LogP contribution in [0.25, 0.3) is 0 Å². The molecule has 1 saturated carbocycles. The van der Waals surface area contributed by atoms with Gasteiger partial charge in [0.25, 0.3) is 0 Å². The Kier molecular flexibility index (Phi) is 1.91. The van der Waals surface area contributed by atoms with Crippen LogP contribution in [0.3, 0.4) is 0 Å². The molecule has 12 heavy (non-hydrogen) atoms. The van der Waals surface area contributed by atoms with E-state index in [4.69, 9.17) is 5.11 Å². The second kappa shape index (κ2) is 2.92. The summed E-state index contributed by atoms with van der Waals surface area (Å²) < 4.78 is 0. The Labute approximate surface area is 72.3 Å². The number of aliphatic carboxylic acids is 1. The molecule has 0 aliphatic heterocycles. The van der Waals surface area contributed by atoms with Gasteiger partial charge in [-0.25, -0.2) is 0 Å². The van der Waals surface area contributed by atoms with Crippen molar-refractivity contribution in [1.29, 1.82) is 0 Å². The van der Waals surface area contributed by atoms with Crippen LogP contribution in [0.1, 0.15) is 32.1 Å². The van der Waals surface area contributed by atoms with E-state index in [1.807, 2.05) is 6.08 Å². The molecule has 1 fully saturated rings. The van der Waals surface area contributed by atoms with Crippen molar-refractivity contribution in [1.82, 2.24) is 0 Å². The number of fused-ring (bicyclic) bond motifs is 1. The van der Waals surface area contributed by atoms with Crippen molar-refractivity contribution in [3.8, 4) is 0 Å². The summed E-state index contributed by atoms with van der Waals surface area (Å²) in [6.07, 6.45) is 7.66. The Bertz CT molecular complexity index is 230. The van der Waals surface area contributed by atoms with Crippen LogP contribution in [0, 0.1) is 11.8 Å². The average Bonchev–Trinajstić information content (AvgIpc) is 2.49. The lowest BCUT2D eigenvalue weighted by Gasteiger charge is -2.21. The Morgan fingerprint density at radius 2 is 2.25 bits per heavy atom. The van der Waals surface area contributed by atoms with Crippen LogP contribution < -0.4 is 0 Å². The summed E-state index contributed by atoms with van der Waals surface area (Å²) in [6.45, 7) is 0. The number of carbonyl (C=O) groups is 1. The van der Waals surface area contributed by atoms with Gasteiger partial charge >= 0.3 is 5.97 Å². The van der Waals surface area contributed by atoms with Gasteiger partial charge < -0.3 is 5.11 Å². The third-order valence-electron chi connectivity index (χ3n) is 3.10. The Morgan fingerprint density at radius 3 is 3.00 bits per heavy atom. The molecule has 0 amide bonds. The topological polar surface area (TPSA) is 37.3 Å². The van der Waals surface area contributed by atoms with Crippen molar-refractivity contribution >= 4 is 5.97 Å². The first-order valence-corrected chi connectivity index (χ1v) is 4.71. The van der Waals surface area contributed by atoms with E-state index < -0.39 is 5.97 Å². The van der Waals surface area contributed by atoms with Crippen LogP contribution in [0.2, 0.25) is 0 Å². The summed E-state index contributed by atoms with van der Waals surface area (Å²) >= 11 is 0. The predicted octanol–water partition coefficient (Wildman–Crippen LogP) is 2.21. The van der Waals surface area contributed by atoms with E-state index in [0.717, 1.165) is 25.2 Å². The highest BCUT2D eigenvalue weighted by molar-refractivity contribution is 5.72. The largest absolute Gasteiger partial charge is 0.481 e. The highest BCUT2D eigenvalue weighted by Crippen LogP contribution is 2.39. The fraction of sp³-hybridized carbons (Fsp3) is 0.700. The van der Waals surface area contributed by atoms with Crippen LogP contribution in [-0.2, 0) is 4.79 Å². The first-order chi connectivity index (χ1) is 5.77. The van der Waals surface area contributed by atoms with Crippen molar-refractivity contribution in [2.45, 2.75) is 32.1 Å². The van der Waals surface area contributed by atoms with Gasteiger partial charge in [-0.3, -0.25) is 4.79 Å². The zero-order valence-electron chi connectivity index (χ0n) is 7.12. The van der Waals surface area contributed by atoms with Gasteiger partial charge in [-0.2, -0.15) is 0 Å². The highest BCUT2D eigenvalue weighted by atomic mass is 16.4. The molecule has 0 radical (unpaired) electrons. The quantitative estimate of drug-likeness (QED) is 0.606. The lowest BCUT2D eigenvalue weighted by atomic mass is 9.84. The lowest BCUT2D eigenvalue weighted by Crippen LogP contribution is -2.17. The summed E-state index contributed by atoms with van der Waals surface area (Å²) in [5, 5.41) is 8.81. The highest BCUT2D eigenvalue weighted by Gasteiger charge is 2.29. The van der Waals surface area contributed by atoms with E-state index in [1.165, 1.54) is 18.4 Å². The van der Waals surface area contributed by atoms with Gasteiger partial charge in [0.1, 0.15) is 0 Å². The zero-order chi connectivity index (χ0) is 8.55. The molecule has 0 aromatic heterocycles. The molecule has 0 saturated heterocycles. The molecule has 0 spiro atoms. The maximum atomic E-state index is 10.7. The molecule has 2 aliphatic carbocycles. The van der Waals surface area contributed by atoms with Gasteiger partial charge in [0.15, 0.2) is 0 Å². The van der Waals surface area contributed by atoms with Crippen LogP contribution >= 0.6 is 0 Å². The fourth-order valence-electron chi connectivity index (χ4n) is 2.41. The fourth-order valence-corrected chi connectivity index (χ4v) is 2.41. The number of carboxylic acid groups (broad SMARTS) is 1. The standard InChI is InChI=1S/C10H14O2/c11-10(12)9-5-4-7-2-1-3-8(7)6-9/h6-7,9H,1-5H2,(H,11,12). The number of rotatable bonds is 1. The molecule has 0 aromatic carbocycles. The molecule has 2 heteroatoms.